The molecule has 0 radical (unpaired) electrons. The zero-order valence-corrected chi connectivity index (χ0v) is 15.5. The molecule has 2 aromatic carbocycles. The van der Waals surface area contributed by atoms with Gasteiger partial charge >= 0.3 is 5.97 Å². The van der Waals surface area contributed by atoms with Crippen molar-refractivity contribution in [3.8, 4) is 0 Å². The Kier molecular flexibility index (Phi) is 7.84. The van der Waals surface area contributed by atoms with Crippen LogP contribution in [-0.2, 0) is 20.9 Å². The van der Waals surface area contributed by atoms with Gasteiger partial charge in [0.2, 0.25) is 0 Å². The molecule has 26 heavy (non-hydrogen) atoms. The lowest BCUT2D eigenvalue weighted by Crippen LogP contribution is -2.15. The van der Waals surface area contributed by atoms with Gasteiger partial charge in [0.25, 0.3) is 0 Å². The molecular formula is C23H26O3. The molecule has 1 atom stereocenters. The minimum atomic E-state index is -0.397. The number of allylic oxidation sites excluding steroid dienone is 1. The SMILES string of the molecule is C=CC(=O)OCC(C)COCc1ccc(/C(C)=C/c2ccccc2)cc1. The van der Waals surface area contributed by atoms with Gasteiger partial charge in [-0.1, -0.05) is 74.2 Å². The molecule has 0 heterocycles. The van der Waals surface area contributed by atoms with E-state index in [1.54, 1.807) is 0 Å². The molecule has 0 fully saturated rings. The number of carbonyl (C=O) groups excluding carboxylic acids is 1. The molecule has 2 aromatic rings. The highest BCUT2D eigenvalue weighted by Crippen LogP contribution is 2.18. The van der Waals surface area contributed by atoms with Crippen molar-refractivity contribution in [1.29, 1.82) is 0 Å². The van der Waals surface area contributed by atoms with Crippen LogP contribution in [0, 0.1) is 5.92 Å². The first kappa shape index (κ1) is 19.7. The largest absolute Gasteiger partial charge is 0.462 e. The fourth-order valence-corrected chi connectivity index (χ4v) is 2.46. The van der Waals surface area contributed by atoms with Crippen LogP contribution in [-0.4, -0.2) is 19.2 Å². The third-order valence-corrected chi connectivity index (χ3v) is 3.94. The van der Waals surface area contributed by atoms with Crippen LogP contribution >= 0.6 is 0 Å². The number of hydrogen-bond donors (Lipinski definition) is 0. The maximum absolute atomic E-state index is 11.0. The number of hydrogen-bond acceptors (Lipinski definition) is 3. The molecule has 0 bridgehead atoms. The molecule has 0 saturated carbocycles. The van der Waals surface area contributed by atoms with Gasteiger partial charge in [-0.25, -0.2) is 4.79 Å². The second-order valence-electron chi connectivity index (χ2n) is 6.39. The van der Waals surface area contributed by atoms with Crippen molar-refractivity contribution in [3.63, 3.8) is 0 Å². The van der Waals surface area contributed by atoms with Crippen molar-refractivity contribution >= 4 is 17.6 Å². The highest BCUT2D eigenvalue weighted by molar-refractivity contribution is 5.81. The molecule has 0 aliphatic heterocycles. The van der Waals surface area contributed by atoms with Gasteiger partial charge in [-0.2, -0.15) is 0 Å². The van der Waals surface area contributed by atoms with Crippen molar-refractivity contribution in [2.75, 3.05) is 13.2 Å². The van der Waals surface area contributed by atoms with E-state index >= 15 is 0 Å². The molecule has 0 N–H and O–H groups in total. The van der Waals surface area contributed by atoms with Crippen molar-refractivity contribution in [3.05, 3.63) is 83.9 Å². The predicted molar refractivity (Wildman–Crippen MR) is 106 cm³/mol. The molecule has 1 unspecified atom stereocenters. The molecule has 3 nitrogen and oxygen atoms in total. The van der Waals surface area contributed by atoms with E-state index in [1.165, 1.54) is 22.8 Å². The zero-order chi connectivity index (χ0) is 18.8. The minimum absolute atomic E-state index is 0.147. The Morgan fingerprint density at radius 2 is 1.77 bits per heavy atom. The van der Waals surface area contributed by atoms with E-state index in [4.69, 9.17) is 9.47 Å². The van der Waals surface area contributed by atoms with Gasteiger partial charge in [0.15, 0.2) is 0 Å². The Bertz CT molecular complexity index is 730. The fraction of sp³-hybridized carbons (Fsp3) is 0.261. The molecular weight excluding hydrogens is 324 g/mol. The molecule has 0 amide bonds. The monoisotopic (exact) mass is 350 g/mol. The molecule has 0 spiro atoms. The van der Waals surface area contributed by atoms with Gasteiger partial charge < -0.3 is 9.47 Å². The first-order valence-electron chi connectivity index (χ1n) is 8.78. The molecule has 0 saturated heterocycles. The molecule has 0 aliphatic rings. The summed E-state index contributed by atoms with van der Waals surface area (Å²) in [5, 5.41) is 0. The van der Waals surface area contributed by atoms with Crippen molar-refractivity contribution in [1.82, 2.24) is 0 Å². The van der Waals surface area contributed by atoms with Crippen LogP contribution in [0.2, 0.25) is 0 Å². The lowest BCUT2D eigenvalue weighted by molar-refractivity contribution is -0.139. The molecule has 2 rings (SSSR count). The van der Waals surface area contributed by atoms with E-state index in [0.717, 1.165) is 5.56 Å². The summed E-state index contributed by atoms with van der Waals surface area (Å²) in [5.74, 6) is -0.249. The summed E-state index contributed by atoms with van der Waals surface area (Å²) < 4.78 is 10.7. The molecule has 136 valence electrons. The molecule has 0 aromatic heterocycles. The van der Waals surface area contributed by atoms with Gasteiger partial charge in [-0.15, -0.1) is 0 Å². The highest BCUT2D eigenvalue weighted by Gasteiger charge is 2.06. The number of benzene rings is 2. The Labute approximate surface area is 156 Å². The lowest BCUT2D eigenvalue weighted by atomic mass is 10.0. The van der Waals surface area contributed by atoms with Crippen LogP contribution in [0.3, 0.4) is 0 Å². The summed E-state index contributed by atoms with van der Waals surface area (Å²) in [6, 6.07) is 18.7. The predicted octanol–water partition coefficient (Wildman–Crippen LogP) is 5.13. The van der Waals surface area contributed by atoms with Crippen LogP contribution in [0.4, 0.5) is 0 Å². The summed E-state index contributed by atoms with van der Waals surface area (Å²) in [4.78, 5) is 11.0. The van der Waals surface area contributed by atoms with E-state index in [-0.39, 0.29) is 5.92 Å². The number of ether oxygens (including phenoxy) is 2. The average molecular weight is 350 g/mol. The third kappa shape index (κ3) is 6.69. The van der Waals surface area contributed by atoms with Crippen LogP contribution < -0.4 is 0 Å². The summed E-state index contributed by atoms with van der Waals surface area (Å²) in [6.45, 7) is 8.90. The lowest BCUT2D eigenvalue weighted by Gasteiger charge is -2.12. The summed E-state index contributed by atoms with van der Waals surface area (Å²) in [7, 11) is 0. The van der Waals surface area contributed by atoms with Gasteiger partial charge in [0.1, 0.15) is 0 Å². The van der Waals surface area contributed by atoms with E-state index in [0.29, 0.717) is 19.8 Å². The summed E-state index contributed by atoms with van der Waals surface area (Å²) >= 11 is 0. The van der Waals surface area contributed by atoms with Gasteiger partial charge in [0.05, 0.1) is 19.8 Å². The first-order valence-corrected chi connectivity index (χ1v) is 8.78. The van der Waals surface area contributed by atoms with Crippen molar-refractivity contribution in [2.24, 2.45) is 5.92 Å². The average Bonchev–Trinajstić information content (AvgIpc) is 2.67. The van der Waals surface area contributed by atoms with Gasteiger partial charge in [-0.3, -0.25) is 0 Å². The van der Waals surface area contributed by atoms with Crippen molar-refractivity contribution in [2.45, 2.75) is 20.5 Å². The second-order valence-corrected chi connectivity index (χ2v) is 6.39. The Balaban J connectivity index is 1.81. The first-order chi connectivity index (χ1) is 12.6. The van der Waals surface area contributed by atoms with Crippen molar-refractivity contribution < 1.29 is 14.3 Å². The summed E-state index contributed by atoms with van der Waals surface area (Å²) in [5.41, 5.74) is 4.74. The fourth-order valence-electron chi connectivity index (χ4n) is 2.46. The maximum Gasteiger partial charge on any atom is 0.330 e. The smallest absolute Gasteiger partial charge is 0.330 e. The Morgan fingerprint density at radius 1 is 1.08 bits per heavy atom. The van der Waals surface area contributed by atoms with E-state index in [1.807, 2.05) is 25.1 Å². The van der Waals surface area contributed by atoms with E-state index < -0.39 is 5.97 Å². The van der Waals surface area contributed by atoms with Crippen LogP contribution in [0.15, 0.2) is 67.3 Å². The second kappa shape index (κ2) is 10.4. The number of carbonyl (C=O) groups is 1. The summed E-state index contributed by atoms with van der Waals surface area (Å²) in [6.07, 6.45) is 3.35. The van der Waals surface area contributed by atoms with Crippen LogP contribution in [0.25, 0.3) is 11.6 Å². The van der Waals surface area contributed by atoms with Gasteiger partial charge in [0, 0.05) is 12.0 Å². The van der Waals surface area contributed by atoms with Gasteiger partial charge in [-0.05, 0) is 29.2 Å². The van der Waals surface area contributed by atoms with E-state index in [2.05, 4.69) is 56.0 Å². The third-order valence-electron chi connectivity index (χ3n) is 3.94. The van der Waals surface area contributed by atoms with Crippen LogP contribution in [0.5, 0.6) is 0 Å². The quantitative estimate of drug-likeness (QED) is 0.357. The molecule has 3 heteroatoms. The zero-order valence-electron chi connectivity index (χ0n) is 15.5. The number of rotatable bonds is 9. The topological polar surface area (TPSA) is 35.5 Å². The number of esters is 1. The molecule has 0 aliphatic carbocycles. The Morgan fingerprint density at radius 3 is 2.42 bits per heavy atom. The normalized spacial score (nSPS) is 12.5. The highest BCUT2D eigenvalue weighted by atomic mass is 16.5. The Hall–Kier alpha value is -2.65. The maximum atomic E-state index is 11.0. The van der Waals surface area contributed by atoms with E-state index in [9.17, 15) is 4.79 Å². The minimum Gasteiger partial charge on any atom is -0.462 e. The van der Waals surface area contributed by atoms with Crippen LogP contribution in [0.1, 0.15) is 30.5 Å². The standard InChI is InChI=1S/C23H26O3/c1-4-23(24)26-16-18(2)15-25-17-21-10-12-22(13-11-21)19(3)14-20-8-6-5-7-9-20/h4-14,18H,1,15-17H2,2-3H3/b19-14+.